The zero-order valence-corrected chi connectivity index (χ0v) is 13.0. The zero-order valence-electron chi connectivity index (χ0n) is 12.2. The number of nitrogens with one attached hydrogen (secondary N) is 1. The molecule has 7 heteroatoms. The van der Waals surface area contributed by atoms with Crippen LogP contribution in [0.3, 0.4) is 0 Å². The Balaban J connectivity index is 1.63. The van der Waals surface area contributed by atoms with Crippen molar-refractivity contribution in [2.75, 3.05) is 11.9 Å². The van der Waals surface area contributed by atoms with Gasteiger partial charge in [0, 0.05) is 25.1 Å². The number of rotatable bonds is 4. The van der Waals surface area contributed by atoms with Crippen LogP contribution in [0.2, 0.25) is 0 Å². The van der Waals surface area contributed by atoms with Crippen LogP contribution >= 0.6 is 11.3 Å². The largest absolute Gasteiger partial charge is 0.338 e. The average molecular weight is 316 g/mol. The Morgan fingerprint density at radius 3 is 2.68 bits per heavy atom. The molecule has 0 atom stereocenters. The number of anilines is 1. The molecule has 1 saturated heterocycles. The summed E-state index contributed by atoms with van der Waals surface area (Å²) in [5.41, 5.74) is 1.59. The van der Waals surface area contributed by atoms with Crippen molar-refractivity contribution in [3.63, 3.8) is 0 Å². The lowest BCUT2D eigenvalue weighted by molar-refractivity contribution is -0.128. The highest BCUT2D eigenvalue weighted by Gasteiger charge is 2.20. The van der Waals surface area contributed by atoms with E-state index < -0.39 is 0 Å². The first-order valence-electron chi connectivity index (χ1n) is 7.10. The molecule has 0 unspecified atom stereocenters. The van der Waals surface area contributed by atoms with Gasteiger partial charge in [0.2, 0.25) is 11.0 Å². The molecule has 0 radical (unpaired) electrons. The molecule has 2 heterocycles. The Morgan fingerprint density at radius 2 is 2.09 bits per heavy atom. The van der Waals surface area contributed by atoms with Crippen LogP contribution in [0.15, 0.2) is 24.3 Å². The van der Waals surface area contributed by atoms with Crippen molar-refractivity contribution in [1.82, 2.24) is 15.1 Å². The summed E-state index contributed by atoms with van der Waals surface area (Å²) >= 11 is 1.34. The van der Waals surface area contributed by atoms with Gasteiger partial charge >= 0.3 is 0 Å². The average Bonchev–Trinajstić information content (AvgIpc) is 3.09. The maximum absolute atomic E-state index is 12.1. The quantitative estimate of drug-likeness (QED) is 0.938. The van der Waals surface area contributed by atoms with Crippen LogP contribution in [-0.2, 0) is 11.3 Å². The van der Waals surface area contributed by atoms with Gasteiger partial charge in [0.1, 0.15) is 5.01 Å². The molecule has 0 saturated carbocycles. The van der Waals surface area contributed by atoms with Crippen molar-refractivity contribution >= 4 is 28.3 Å². The van der Waals surface area contributed by atoms with Gasteiger partial charge in [0.15, 0.2) is 0 Å². The topological polar surface area (TPSA) is 75.2 Å². The van der Waals surface area contributed by atoms with Crippen LogP contribution in [0.4, 0.5) is 5.13 Å². The number of nitrogens with zero attached hydrogens (tertiary/aromatic N) is 3. The highest BCUT2D eigenvalue weighted by atomic mass is 32.1. The fourth-order valence-electron chi connectivity index (χ4n) is 2.37. The highest BCUT2D eigenvalue weighted by molar-refractivity contribution is 7.15. The Hall–Kier alpha value is -2.28. The third kappa shape index (κ3) is 3.30. The van der Waals surface area contributed by atoms with Crippen LogP contribution in [0.25, 0.3) is 0 Å². The van der Waals surface area contributed by atoms with Crippen LogP contribution in [0.1, 0.15) is 33.8 Å². The first-order chi connectivity index (χ1) is 10.6. The minimum absolute atomic E-state index is 0.202. The van der Waals surface area contributed by atoms with Crippen LogP contribution in [0, 0.1) is 6.92 Å². The maximum atomic E-state index is 12.1. The minimum atomic E-state index is -0.208. The third-order valence-electron chi connectivity index (χ3n) is 3.51. The summed E-state index contributed by atoms with van der Waals surface area (Å²) in [5.74, 6) is -0.00610. The molecule has 3 rings (SSSR count). The smallest absolute Gasteiger partial charge is 0.257 e. The Morgan fingerprint density at radius 1 is 1.32 bits per heavy atom. The molecule has 1 fully saturated rings. The van der Waals surface area contributed by atoms with Gasteiger partial charge < -0.3 is 4.90 Å². The second kappa shape index (κ2) is 6.23. The number of carbonyl (C=O) groups excluding carboxylic acids is 2. The van der Waals surface area contributed by atoms with Crippen molar-refractivity contribution in [3.8, 4) is 0 Å². The first-order valence-corrected chi connectivity index (χ1v) is 7.91. The summed E-state index contributed by atoms with van der Waals surface area (Å²) in [7, 11) is 0. The molecule has 1 aromatic heterocycles. The predicted molar refractivity (Wildman–Crippen MR) is 83.7 cm³/mol. The van der Waals surface area contributed by atoms with Gasteiger partial charge in [-0.1, -0.05) is 23.5 Å². The van der Waals surface area contributed by atoms with Crippen LogP contribution < -0.4 is 5.32 Å². The minimum Gasteiger partial charge on any atom is -0.338 e. The molecule has 22 heavy (non-hydrogen) atoms. The standard InChI is InChI=1S/C15H16N4O2S/c1-10-17-18-15(22-10)16-14(21)12-6-4-11(5-7-12)9-19-8-2-3-13(19)20/h4-7H,2-3,8-9H2,1H3,(H,16,18,21). The lowest BCUT2D eigenvalue weighted by atomic mass is 10.1. The lowest BCUT2D eigenvalue weighted by Crippen LogP contribution is -2.23. The number of amides is 2. The summed E-state index contributed by atoms with van der Waals surface area (Å²) in [4.78, 5) is 25.5. The maximum Gasteiger partial charge on any atom is 0.257 e. The van der Waals surface area contributed by atoms with Gasteiger partial charge in [0.05, 0.1) is 0 Å². The SMILES string of the molecule is Cc1nnc(NC(=O)c2ccc(CN3CCCC3=O)cc2)s1. The van der Waals surface area contributed by atoms with Crippen molar-refractivity contribution < 1.29 is 9.59 Å². The van der Waals surface area contributed by atoms with E-state index >= 15 is 0 Å². The molecule has 114 valence electrons. The van der Waals surface area contributed by atoms with Gasteiger partial charge in [0.25, 0.3) is 5.91 Å². The fourth-order valence-corrected chi connectivity index (χ4v) is 2.96. The zero-order chi connectivity index (χ0) is 15.5. The monoisotopic (exact) mass is 316 g/mol. The van der Waals surface area contributed by atoms with Gasteiger partial charge in [-0.15, -0.1) is 10.2 Å². The number of aryl methyl sites for hydroxylation is 1. The molecule has 0 bridgehead atoms. The number of carbonyl (C=O) groups is 2. The summed E-state index contributed by atoms with van der Waals surface area (Å²) in [6, 6.07) is 7.29. The fraction of sp³-hybridized carbons (Fsp3) is 0.333. The van der Waals surface area contributed by atoms with Crippen LogP contribution in [0.5, 0.6) is 0 Å². The van der Waals surface area contributed by atoms with Gasteiger partial charge in [-0.05, 0) is 31.0 Å². The number of likely N-dealkylation sites (tertiary alicyclic amines) is 1. The lowest BCUT2D eigenvalue weighted by Gasteiger charge is -2.15. The van der Waals surface area contributed by atoms with E-state index in [9.17, 15) is 9.59 Å². The summed E-state index contributed by atoms with van der Waals surface area (Å²) in [6.07, 6.45) is 1.57. The van der Waals surface area contributed by atoms with Crippen molar-refractivity contribution in [2.45, 2.75) is 26.3 Å². The molecule has 1 aromatic carbocycles. The van der Waals surface area contributed by atoms with E-state index in [1.54, 1.807) is 12.1 Å². The molecule has 0 spiro atoms. The molecule has 1 aliphatic heterocycles. The normalized spacial score (nSPS) is 14.4. The molecule has 2 amide bonds. The van der Waals surface area contributed by atoms with Crippen molar-refractivity contribution in [1.29, 1.82) is 0 Å². The second-order valence-corrected chi connectivity index (χ2v) is 6.38. The first kappa shape index (κ1) is 14.6. The van der Waals surface area contributed by atoms with E-state index in [1.807, 2.05) is 24.0 Å². The number of hydrogen-bond acceptors (Lipinski definition) is 5. The molecule has 6 nitrogen and oxygen atoms in total. The van der Waals surface area contributed by atoms with Crippen molar-refractivity contribution in [3.05, 3.63) is 40.4 Å². The summed E-state index contributed by atoms with van der Waals surface area (Å²) < 4.78 is 0. The molecular formula is C15H16N4O2S. The van der Waals surface area contributed by atoms with E-state index in [2.05, 4.69) is 15.5 Å². The predicted octanol–water partition coefficient (Wildman–Crippen LogP) is 2.22. The number of aromatic nitrogens is 2. The number of benzene rings is 1. The second-order valence-electron chi connectivity index (χ2n) is 5.20. The van der Waals surface area contributed by atoms with Gasteiger partial charge in [-0.3, -0.25) is 14.9 Å². The van der Waals surface area contributed by atoms with E-state index in [0.717, 1.165) is 23.5 Å². The van der Waals surface area contributed by atoms with Crippen molar-refractivity contribution in [2.24, 2.45) is 0 Å². The van der Waals surface area contributed by atoms with Gasteiger partial charge in [-0.25, -0.2) is 0 Å². The van der Waals surface area contributed by atoms with E-state index in [1.165, 1.54) is 11.3 Å². The molecule has 0 aliphatic carbocycles. The Kier molecular flexibility index (Phi) is 4.15. The van der Waals surface area contributed by atoms with E-state index in [4.69, 9.17) is 0 Å². The molecule has 1 aliphatic rings. The van der Waals surface area contributed by atoms with E-state index in [0.29, 0.717) is 23.7 Å². The molecule has 2 aromatic rings. The highest BCUT2D eigenvalue weighted by Crippen LogP contribution is 2.17. The number of hydrogen-bond donors (Lipinski definition) is 1. The van der Waals surface area contributed by atoms with Crippen LogP contribution in [-0.4, -0.2) is 33.5 Å². The summed E-state index contributed by atoms with van der Waals surface area (Å²) in [6.45, 7) is 3.26. The summed E-state index contributed by atoms with van der Waals surface area (Å²) in [5, 5.41) is 11.7. The van der Waals surface area contributed by atoms with E-state index in [-0.39, 0.29) is 11.8 Å². The molecular weight excluding hydrogens is 300 g/mol. The molecule has 1 N–H and O–H groups in total. The third-order valence-corrected chi connectivity index (χ3v) is 4.26. The Bertz CT molecular complexity index is 696. The van der Waals surface area contributed by atoms with Gasteiger partial charge in [-0.2, -0.15) is 0 Å². The Labute approximate surface area is 132 Å².